The summed E-state index contributed by atoms with van der Waals surface area (Å²) in [5.74, 6) is 0.106. The molecule has 2 aromatic rings. The van der Waals surface area contributed by atoms with E-state index >= 15 is 0 Å². The molecule has 2 aliphatic rings. The average molecular weight is 350 g/mol. The molecule has 24 heavy (non-hydrogen) atoms. The summed E-state index contributed by atoms with van der Waals surface area (Å²) >= 11 is 5.99. The fourth-order valence-corrected chi connectivity index (χ4v) is 3.50. The third-order valence-corrected chi connectivity index (χ3v) is 4.97. The molecule has 1 unspecified atom stereocenters. The van der Waals surface area contributed by atoms with Crippen LogP contribution in [0, 0.1) is 5.92 Å². The topological polar surface area (TPSA) is 67.6 Å². The number of nitrogens with zero attached hydrogens (tertiary/aromatic N) is 2. The SMILES string of the molecule is O=C(NC1CCOCC1)C1CCN(c2nc3cc(Cl)ccc3o2)C1. The summed E-state index contributed by atoms with van der Waals surface area (Å²) in [5.41, 5.74) is 1.46. The lowest BCUT2D eigenvalue weighted by molar-refractivity contribution is -0.125. The summed E-state index contributed by atoms with van der Waals surface area (Å²) in [4.78, 5) is 19.0. The number of halogens is 1. The first kappa shape index (κ1) is 15.7. The molecule has 2 fully saturated rings. The number of carbonyl (C=O) groups is 1. The van der Waals surface area contributed by atoms with Crippen molar-refractivity contribution in [3.8, 4) is 0 Å². The van der Waals surface area contributed by atoms with E-state index in [9.17, 15) is 4.79 Å². The number of ether oxygens (including phenoxy) is 1. The van der Waals surface area contributed by atoms with Crippen molar-refractivity contribution in [3.63, 3.8) is 0 Å². The highest BCUT2D eigenvalue weighted by Gasteiger charge is 2.32. The third-order valence-electron chi connectivity index (χ3n) is 4.74. The quantitative estimate of drug-likeness (QED) is 0.922. The van der Waals surface area contributed by atoms with E-state index in [4.69, 9.17) is 20.8 Å². The summed E-state index contributed by atoms with van der Waals surface area (Å²) in [5, 5.41) is 3.79. The molecule has 0 aliphatic carbocycles. The minimum atomic E-state index is -0.0218. The molecule has 0 spiro atoms. The molecule has 1 aromatic carbocycles. The van der Waals surface area contributed by atoms with Crippen LogP contribution in [0.2, 0.25) is 5.02 Å². The van der Waals surface area contributed by atoms with Crippen molar-refractivity contribution in [1.82, 2.24) is 10.3 Å². The minimum Gasteiger partial charge on any atom is -0.423 e. The summed E-state index contributed by atoms with van der Waals surface area (Å²) in [7, 11) is 0. The average Bonchev–Trinajstić information content (AvgIpc) is 3.22. The van der Waals surface area contributed by atoms with Gasteiger partial charge in [0, 0.05) is 37.4 Å². The smallest absolute Gasteiger partial charge is 0.298 e. The predicted octanol–water partition coefficient (Wildman–Crippen LogP) is 2.60. The van der Waals surface area contributed by atoms with Gasteiger partial charge in [0.05, 0.1) is 5.92 Å². The first-order valence-electron chi connectivity index (χ1n) is 8.38. The van der Waals surface area contributed by atoms with Gasteiger partial charge in [-0.2, -0.15) is 4.98 Å². The molecule has 1 atom stereocenters. The number of carbonyl (C=O) groups excluding carboxylic acids is 1. The second-order valence-corrected chi connectivity index (χ2v) is 6.87. The van der Waals surface area contributed by atoms with Crippen molar-refractivity contribution in [2.45, 2.75) is 25.3 Å². The van der Waals surface area contributed by atoms with Crippen molar-refractivity contribution in [3.05, 3.63) is 23.2 Å². The third kappa shape index (κ3) is 3.21. The number of benzene rings is 1. The molecule has 4 rings (SSSR count). The monoisotopic (exact) mass is 349 g/mol. The van der Waals surface area contributed by atoms with E-state index in [1.807, 2.05) is 11.0 Å². The van der Waals surface area contributed by atoms with Gasteiger partial charge in [0.1, 0.15) is 5.52 Å². The maximum Gasteiger partial charge on any atom is 0.298 e. The van der Waals surface area contributed by atoms with E-state index in [2.05, 4.69) is 10.3 Å². The van der Waals surface area contributed by atoms with Crippen molar-refractivity contribution < 1.29 is 13.9 Å². The number of rotatable bonds is 3. The molecule has 0 radical (unpaired) electrons. The van der Waals surface area contributed by atoms with Gasteiger partial charge in [0.15, 0.2) is 5.58 Å². The van der Waals surface area contributed by atoms with Gasteiger partial charge in [-0.1, -0.05) is 11.6 Å². The number of aromatic nitrogens is 1. The number of hydrogen-bond acceptors (Lipinski definition) is 5. The van der Waals surface area contributed by atoms with E-state index in [0.717, 1.165) is 44.5 Å². The number of anilines is 1. The van der Waals surface area contributed by atoms with Crippen LogP contribution < -0.4 is 10.2 Å². The lowest BCUT2D eigenvalue weighted by Gasteiger charge is -2.24. The molecule has 2 saturated heterocycles. The number of hydrogen-bond donors (Lipinski definition) is 1. The number of oxazole rings is 1. The normalized spacial score (nSPS) is 22.2. The van der Waals surface area contributed by atoms with Gasteiger partial charge in [-0.05, 0) is 37.5 Å². The van der Waals surface area contributed by atoms with E-state index in [-0.39, 0.29) is 17.9 Å². The van der Waals surface area contributed by atoms with Crippen LogP contribution in [0.25, 0.3) is 11.1 Å². The first-order valence-corrected chi connectivity index (χ1v) is 8.76. The van der Waals surface area contributed by atoms with Crippen molar-refractivity contribution in [2.75, 3.05) is 31.2 Å². The van der Waals surface area contributed by atoms with Crippen LogP contribution in [0.3, 0.4) is 0 Å². The Kier molecular flexibility index (Phi) is 4.33. The Morgan fingerprint density at radius 1 is 1.29 bits per heavy atom. The highest BCUT2D eigenvalue weighted by Crippen LogP contribution is 2.28. The van der Waals surface area contributed by atoms with Gasteiger partial charge in [-0.3, -0.25) is 4.79 Å². The zero-order valence-electron chi connectivity index (χ0n) is 13.3. The van der Waals surface area contributed by atoms with Crippen molar-refractivity contribution in [1.29, 1.82) is 0 Å². The van der Waals surface area contributed by atoms with Crippen molar-refractivity contribution in [2.24, 2.45) is 5.92 Å². The fraction of sp³-hybridized carbons (Fsp3) is 0.529. The summed E-state index contributed by atoms with van der Waals surface area (Å²) in [6, 6.07) is 6.20. The second-order valence-electron chi connectivity index (χ2n) is 6.44. The van der Waals surface area contributed by atoms with Gasteiger partial charge in [-0.15, -0.1) is 0 Å². The van der Waals surface area contributed by atoms with E-state index in [1.54, 1.807) is 12.1 Å². The maximum absolute atomic E-state index is 12.5. The molecule has 128 valence electrons. The summed E-state index contributed by atoms with van der Waals surface area (Å²) < 4.78 is 11.1. The molecule has 2 aliphatic heterocycles. The van der Waals surface area contributed by atoms with Crippen molar-refractivity contribution >= 4 is 34.6 Å². The molecule has 1 N–H and O–H groups in total. The Labute approximate surface area is 145 Å². The van der Waals surface area contributed by atoms with Gasteiger partial charge < -0.3 is 19.4 Å². The molecule has 3 heterocycles. The van der Waals surface area contributed by atoms with Crippen LogP contribution in [0.4, 0.5) is 6.01 Å². The zero-order valence-corrected chi connectivity index (χ0v) is 14.1. The summed E-state index contributed by atoms with van der Waals surface area (Å²) in [6.45, 7) is 2.86. The fourth-order valence-electron chi connectivity index (χ4n) is 3.33. The number of fused-ring (bicyclic) bond motifs is 1. The second kappa shape index (κ2) is 6.61. The van der Waals surface area contributed by atoms with Crippen LogP contribution in [-0.2, 0) is 9.53 Å². The molecule has 7 heteroatoms. The lowest BCUT2D eigenvalue weighted by atomic mass is 10.1. The number of nitrogens with one attached hydrogen (secondary N) is 1. The Bertz CT molecular complexity index is 742. The Hall–Kier alpha value is -1.79. The highest BCUT2D eigenvalue weighted by molar-refractivity contribution is 6.31. The largest absolute Gasteiger partial charge is 0.423 e. The molecule has 0 bridgehead atoms. The standard InChI is InChI=1S/C17H20ClN3O3/c18-12-1-2-15-14(9-12)20-17(24-15)21-6-3-11(10-21)16(22)19-13-4-7-23-8-5-13/h1-2,9,11,13H,3-8,10H2,(H,19,22). The van der Waals surface area contributed by atoms with Gasteiger partial charge in [-0.25, -0.2) is 0 Å². The molecular formula is C17H20ClN3O3. The summed E-state index contributed by atoms with van der Waals surface area (Å²) in [6.07, 6.45) is 2.61. The van der Waals surface area contributed by atoms with Gasteiger partial charge >= 0.3 is 0 Å². The number of amides is 1. The molecule has 1 aromatic heterocycles. The van der Waals surface area contributed by atoms with E-state index in [0.29, 0.717) is 23.2 Å². The van der Waals surface area contributed by atoms with Crippen LogP contribution in [0.5, 0.6) is 0 Å². The Morgan fingerprint density at radius 2 is 2.12 bits per heavy atom. The van der Waals surface area contributed by atoms with Gasteiger partial charge in [0.25, 0.3) is 6.01 Å². The Morgan fingerprint density at radius 3 is 2.96 bits per heavy atom. The van der Waals surface area contributed by atoms with Crippen LogP contribution in [0.1, 0.15) is 19.3 Å². The van der Waals surface area contributed by atoms with E-state index in [1.165, 1.54) is 0 Å². The zero-order chi connectivity index (χ0) is 16.5. The van der Waals surface area contributed by atoms with Gasteiger partial charge in [0.2, 0.25) is 5.91 Å². The highest BCUT2D eigenvalue weighted by atomic mass is 35.5. The molecule has 1 amide bonds. The van der Waals surface area contributed by atoms with Crippen LogP contribution in [0.15, 0.2) is 22.6 Å². The Balaban J connectivity index is 1.40. The van der Waals surface area contributed by atoms with E-state index < -0.39 is 0 Å². The maximum atomic E-state index is 12.5. The molecule has 6 nitrogen and oxygen atoms in total. The van der Waals surface area contributed by atoms with Crippen LogP contribution >= 0.6 is 11.6 Å². The predicted molar refractivity (Wildman–Crippen MR) is 91.3 cm³/mol. The first-order chi connectivity index (χ1) is 11.7. The minimum absolute atomic E-state index is 0.0218. The van der Waals surface area contributed by atoms with Crippen LogP contribution in [-0.4, -0.2) is 43.2 Å². The lowest BCUT2D eigenvalue weighted by Crippen LogP contribution is -2.42. The molecule has 0 saturated carbocycles. The molecular weight excluding hydrogens is 330 g/mol.